The van der Waals surface area contributed by atoms with E-state index in [1.807, 2.05) is 6.07 Å². The Labute approximate surface area is 127 Å². The topological polar surface area (TPSA) is 42.4 Å². The number of likely N-dealkylation sites (tertiary alicyclic amines) is 1. The van der Waals surface area contributed by atoms with Gasteiger partial charge >= 0.3 is 5.97 Å². The van der Waals surface area contributed by atoms with Crippen molar-refractivity contribution in [2.45, 2.75) is 40.2 Å². The number of carbonyl (C=O) groups is 1. The van der Waals surface area contributed by atoms with E-state index in [0.29, 0.717) is 11.0 Å². The summed E-state index contributed by atoms with van der Waals surface area (Å²) >= 11 is 0. The van der Waals surface area contributed by atoms with Gasteiger partial charge in [-0.15, -0.1) is 0 Å². The average Bonchev–Trinajstić information content (AvgIpc) is 2.47. The number of esters is 1. The summed E-state index contributed by atoms with van der Waals surface area (Å²) < 4.78 is 4.68. The molecular formula is C17H26N2O2. The highest BCUT2D eigenvalue weighted by Crippen LogP contribution is 2.34. The van der Waals surface area contributed by atoms with Crippen LogP contribution in [0.3, 0.4) is 0 Å². The maximum Gasteiger partial charge on any atom is 0.339 e. The van der Waals surface area contributed by atoms with Gasteiger partial charge in [0.2, 0.25) is 0 Å². The summed E-state index contributed by atoms with van der Waals surface area (Å²) in [4.78, 5) is 18.2. The van der Waals surface area contributed by atoms with Gasteiger partial charge in [-0.3, -0.25) is 9.88 Å². The van der Waals surface area contributed by atoms with Gasteiger partial charge in [0, 0.05) is 12.7 Å². The molecule has 0 unspecified atom stereocenters. The average molecular weight is 290 g/mol. The van der Waals surface area contributed by atoms with Crippen molar-refractivity contribution < 1.29 is 9.53 Å². The predicted octanol–water partition coefficient (Wildman–Crippen LogP) is 3.13. The molecule has 0 atom stereocenters. The summed E-state index contributed by atoms with van der Waals surface area (Å²) in [5.74, 6) is 0.475. The van der Waals surface area contributed by atoms with Gasteiger partial charge in [-0.2, -0.15) is 0 Å². The van der Waals surface area contributed by atoms with Crippen molar-refractivity contribution in [2.24, 2.45) is 11.3 Å². The summed E-state index contributed by atoms with van der Waals surface area (Å²) in [5, 5.41) is 0. The first-order chi connectivity index (χ1) is 9.90. The first-order valence-electron chi connectivity index (χ1n) is 7.66. The zero-order valence-corrected chi connectivity index (χ0v) is 13.6. The summed E-state index contributed by atoms with van der Waals surface area (Å²) in [5.41, 5.74) is 1.93. The lowest BCUT2D eigenvalue weighted by molar-refractivity contribution is 0.0600. The van der Waals surface area contributed by atoms with Crippen LogP contribution in [-0.4, -0.2) is 36.1 Å². The molecule has 4 heteroatoms. The van der Waals surface area contributed by atoms with E-state index in [1.165, 1.54) is 20.0 Å². The molecule has 4 nitrogen and oxygen atoms in total. The lowest BCUT2D eigenvalue weighted by atomic mass is 9.75. The number of pyridine rings is 1. The number of nitrogens with zero attached hydrogens (tertiary/aromatic N) is 2. The number of carbonyl (C=O) groups excluding carboxylic acids is 1. The molecule has 2 heterocycles. The Morgan fingerprint density at radius 2 is 2.00 bits per heavy atom. The largest absolute Gasteiger partial charge is 0.465 e. The van der Waals surface area contributed by atoms with Crippen LogP contribution in [-0.2, 0) is 11.3 Å². The molecule has 1 aromatic rings. The summed E-state index contributed by atoms with van der Waals surface area (Å²) in [6, 6.07) is 3.71. The van der Waals surface area contributed by atoms with Crippen molar-refractivity contribution >= 4 is 5.97 Å². The monoisotopic (exact) mass is 290 g/mol. The molecule has 1 fully saturated rings. The third kappa shape index (κ3) is 4.27. The van der Waals surface area contributed by atoms with Crippen LogP contribution in [0.25, 0.3) is 0 Å². The van der Waals surface area contributed by atoms with Gasteiger partial charge < -0.3 is 4.74 Å². The number of rotatable bonds is 3. The molecule has 1 aromatic heterocycles. The van der Waals surface area contributed by atoms with Gasteiger partial charge in [-0.25, -0.2) is 4.79 Å². The van der Waals surface area contributed by atoms with Crippen molar-refractivity contribution in [1.29, 1.82) is 0 Å². The number of hydrogen-bond acceptors (Lipinski definition) is 4. The fraction of sp³-hybridized carbons (Fsp3) is 0.647. The highest BCUT2D eigenvalue weighted by Gasteiger charge is 2.28. The van der Waals surface area contributed by atoms with E-state index in [1.54, 1.807) is 12.3 Å². The molecule has 0 saturated carbocycles. The SMILES string of the molecule is COC(=O)c1ccc(CN2CCC(C(C)(C)C)CC2)nc1. The van der Waals surface area contributed by atoms with Crippen LogP contribution in [0.15, 0.2) is 18.3 Å². The lowest BCUT2D eigenvalue weighted by Crippen LogP contribution is -2.37. The molecular weight excluding hydrogens is 264 g/mol. The summed E-state index contributed by atoms with van der Waals surface area (Å²) in [6.45, 7) is 10.1. The number of ether oxygens (including phenoxy) is 1. The predicted molar refractivity (Wildman–Crippen MR) is 83.0 cm³/mol. The van der Waals surface area contributed by atoms with Crippen molar-refractivity contribution in [3.8, 4) is 0 Å². The fourth-order valence-corrected chi connectivity index (χ4v) is 2.94. The fourth-order valence-electron chi connectivity index (χ4n) is 2.94. The van der Waals surface area contributed by atoms with Gasteiger partial charge in [0.25, 0.3) is 0 Å². The minimum atomic E-state index is -0.333. The second-order valence-corrected chi connectivity index (χ2v) is 6.95. The molecule has 2 rings (SSSR count). The summed E-state index contributed by atoms with van der Waals surface area (Å²) in [7, 11) is 1.38. The smallest absolute Gasteiger partial charge is 0.339 e. The van der Waals surface area contributed by atoms with E-state index in [2.05, 4.69) is 35.4 Å². The minimum absolute atomic E-state index is 0.333. The number of methoxy groups -OCH3 is 1. The maximum atomic E-state index is 11.4. The molecule has 1 aliphatic heterocycles. The van der Waals surface area contributed by atoms with Crippen LogP contribution >= 0.6 is 0 Å². The standard InChI is InChI=1S/C17H26N2O2/c1-17(2,3)14-7-9-19(10-8-14)12-15-6-5-13(11-18-15)16(20)21-4/h5-6,11,14H,7-10,12H2,1-4H3. The molecule has 0 aliphatic carbocycles. The molecule has 21 heavy (non-hydrogen) atoms. The number of piperidine rings is 1. The second-order valence-electron chi connectivity index (χ2n) is 6.95. The first-order valence-corrected chi connectivity index (χ1v) is 7.66. The molecule has 0 amide bonds. The number of aromatic nitrogens is 1. The van der Waals surface area contributed by atoms with E-state index in [-0.39, 0.29) is 5.97 Å². The van der Waals surface area contributed by atoms with Crippen molar-refractivity contribution in [3.63, 3.8) is 0 Å². The van der Waals surface area contributed by atoms with Gasteiger partial charge in [0.1, 0.15) is 0 Å². The Kier molecular flexibility index (Phi) is 4.99. The Hall–Kier alpha value is -1.42. The molecule has 0 aromatic carbocycles. The molecule has 0 N–H and O–H groups in total. The third-order valence-corrected chi connectivity index (χ3v) is 4.44. The molecule has 0 bridgehead atoms. The van der Waals surface area contributed by atoms with E-state index >= 15 is 0 Å². The first kappa shape index (κ1) is 16.0. The van der Waals surface area contributed by atoms with E-state index in [9.17, 15) is 4.79 Å². The zero-order valence-electron chi connectivity index (χ0n) is 13.6. The normalized spacial score (nSPS) is 17.7. The van der Waals surface area contributed by atoms with Crippen molar-refractivity contribution in [2.75, 3.05) is 20.2 Å². The van der Waals surface area contributed by atoms with Crippen molar-refractivity contribution in [1.82, 2.24) is 9.88 Å². The van der Waals surface area contributed by atoms with Crippen LogP contribution < -0.4 is 0 Å². The molecule has 0 radical (unpaired) electrons. The molecule has 1 saturated heterocycles. The van der Waals surface area contributed by atoms with Gasteiger partial charge in [-0.1, -0.05) is 20.8 Å². The highest BCUT2D eigenvalue weighted by molar-refractivity contribution is 5.88. The van der Waals surface area contributed by atoms with Gasteiger partial charge in [-0.05, 0) is 49.4 Å². The Bertz CT molecular complexity index is 469. The highest BCUT2D eigenvalue weighted by atomic mass is 16.5. The second kappa shape index (κ2) is 6.56. The van der Waals surface area contributed by atoms with E-state index in [4.69, 9.17) is 0 Å². The van der Waals surface area contributed by atoms with Crippen LogP contribution in [0, 0.1) is 11.3 Å². The Morgan fingerprint density at radius 3 is 2.48 bits per heavy atom. The van der Waals surface area contributed by atoms with Gasteiger partial charge in [0.05, 0.1) is 18.4 Å². The molecule has 0 spiro atoms. The van der Waals surface area contributed by atoms with Crippen LogP contribution in [0.1, 0.15) is 49.7 Å². The number of hydrogen-bond donors (Lipinski definition) is 0. The maximum absolute atomic E-state index is 11.4. The molecule has 116 valence electrons. The summed E-state index contributed by atoms with van der Waals surface area (Å²) in [6.07, 6.45) is 4.11. The van der Waals surface area contributed by atoms with Crippen LogP contribution in [0.4, 0.5) is 0 Å². The van der Waals surface area contributed by atoms with Crippen LogP contribution in [0.5, 0.6) is 0 Å². The van der Waals surface area contributed by atoms with E-state index in [0.717, 1.165) is 31.2 Å². The van der Waals surface area contributed by atoms with Crippen molar-refractivity contribution in [3.05, 3.63) is 29.6 Å². The minimum Gasteiger partial charge on any atom is -0.465 e. The Morgan fingerprint density at radius 1 is 1.33 bits per heavy atom. The van der Waals surface area contributed by atoms with Gasteiger partial charge in [0.15, 0.2) is 0 Å². The third-order valence-electron chi connectivity index (χ3n) is 4.44. The van der Waals surface area contributed by atoms with E-state index < -0.39 is 0 Å². The Balaban J connectivity index is 1.88. The quantitative estimate of drug-likeness (QED) is 0.802. The zero-order chi connectivity index (χ0) is 15.5. The molecule has 1 aliphatic rings. The van der Waals surface area contributed by atoms with Crippen LogP contribution in [0.2, 0.25) is 0 Å². The lowest BCUT2D eigenvalue weighted by Gasteiger charge is -2.38.